The van der Waals surface area contributed by atoms with Gasteiger partial charge in [0.1, 0.15) is 16.2 Å². The van der Waals surface area contributed by atoms with E-state index in [0.717, 1.165) is 12.3 Å². The second kappa shape index (κ2) is 6.51. The Morgan fingerprint density at radius 1 is 1.14 bits per heavy atom. The van der Waals surface area contributed by atoms with Gasteiger partial charge < -0.3 is 4.57 Å². The summed E-state index contributed by atoms with van der Waals surface area (Å²) in [6.45, 7) is 1.52. The zero-order valence-corrected chi connectivity index (χ0v) is 16.2. The number of hydrogen-bond acceptors (Lipinski definition) is 5. The fourth-order valence-electron chi connectivity index (χ4n) is 3.23. The normalized spacial score (nSPS) is 12.7. The number of hydrogen-bond donors (Lipinski definition) is 0. The molecule has 3 aromatic heterocycles. The summed E-state index contributed by atoms with van der Waals surface area (Å²) in [7, 11) is -2.13. The summed E-state index contributed by atoms with van der Waals surface area (Å²) < 4.78 is 66.3. The van der Waals surface area contributed by atoms with Gasteiger partial charge >= 0.3 is 6.18 Å². The molecule has 6 nitrogen and oxygen atoms in total. The highest BCUT2D eigenvalue weighted by Gasteiger charge is 2.32. The largest absolute Gasteiger partial charge is 0.417 e. The fourth-order valence-corrected chi connectivity index (χ4v) is 4.47. The maximum absolute atomic E-state index is 13.0. The number of pyridine rings is 2. The number of alkyl halides is 3. The van der Waals surface area contributed by atoms with Crippen molar-refractivity contribution in [1.82, 2.24) is 19.5 Å². The molecule has 0 radical (unpaired) electrons. The van der Waals surface area contributed by atoms with Crippen molar-refractivity contribution < 1.29 is 21.6 Å². The number of sulfone groups is 1. The summed E-state index contributed by atoms with van der Waals surface area (Å²) in [5, 5.41) is 0.638. The minimum Gasteiger partial charge on any atom is -0.312 e. The van der Waals surface area contributed by atoms with Gasteiger partial charge in [-0.1, -0.05) is 19.1 Å². The van der Waals surface area contributed by atoms with Crippen molar-refractivity contribution in [2.24, 2.45) is 7.05 Å². The topological polar surface area (TPSA) is 77.7 Å². The van der Waals surface area contributed by atoms with Crippen LogP contribution in [0.4, 0.5) is 13.2 Å². The molecule has 0 aliphatic rings. The molecule has 150 valence electrons. The highest BCUT2D eigenvalue weighted by atomic mass is 32.2. The average Bonchev–Trinajstić information content (AvgIpc) is 3.02. The monoisotopic (exact) mass is 420 g/mol. The maximum Gasteiger partial charge on any atom is 0.417 e. The number of rotatable bonds is 3. The van der Waals surface area contributed by atoms with Gasteiger partial charge in [0, 0.05) is 30.4 Å². The molecular formula is C19H15F3N4O2S. The van der Waals surface area contributed by atoms with E-state index in [1.54, 1.807) is 31.3 Å². The first kappa shape index (κ1) is 19.3. The van der Waals surface area contributed by atoms with Crippen LogP contribution < -0.4 is 0 Å². The zero-order valence-electron chi connectivity index (χ0n) is 15.4. The number of halogens is 3. The first-order valence-corrected chi connectivity index (χ1v) is 10.3. The highest BCUT2D eigenvalue weighted by molar-refractivity contribution is 7.91. The Balaban J connectivity index is 2.06. The Hall–Kier alpha value is -3.01. The van der Waals surface area contributed by atoms with Crippen molar-refractivity contribution in [3.63, 3.8) is 0 Å². The molecule has 0 fully saturated rings. The predicted molar refractivity (Wildman–Crippen MR) is 102 cm³/mol. The van der Waals surface area contributed by atoms with Crippen molar-refractivity contribution in [3.05, 3.63) is 48.3 Å². The number of benzene rings is 1. The number of nitrogens with zero attached hydrogens (tertiary/aromatic N) is 4. The standard InChI is InChI=1S/C19H15F3N4O2S/c1-3-29(27,28)16-13(7-6-11-5-4-8-23-15(11)16)17-25-14-9-12(19(20,21)22)10-24-18(14)26(17)2/h4-10H,3H2,1-2H3. The van der Waals surface area contributed by atoms with E-state index < -0.39 is 21.6 Å². The molecular weight excluding hydrogens is 405 g/mol. The van der Waals surface area contributed by atoms with Crippen LogP contribution in [0.25, 0.3) is 33.5 Å². The first-order valence-electron chi connectivity index (χ1n) is 8.64. The van der Waals surface area contributed by atoms with Crippen molar-refractivity contribution in [1.29, 1.82) is 0 Å². The molecule has 0 spiro atoms. The number of aryl methyl sites for hydroxylation is 1. The summed E-state index contributed by atoms with van der Waals surface area (Å²) >= 11 is 0. The Kier molecular flexibility index (Phi) is 4.34. The van der Waals surface area contributed by atoms with Crippen molar-refractivity contribution in [2.75, 3.05) is 5.75 Å². The quantitative estimate of drug-likeness (QED) is 0.501. The van der Waals surface area contributed by atoms with Gasteiger partial charge in [-0.15, -0.1) is 0 Å². The van der Waals surface area contributed by atoms with Crippen LogP contribution in [-0.4, -0.2) is 33.7 Å². The predicted octanol–water partition coefficient (Wildman–Crippen LogP) is 4.00. The molecule has 1 aromatic carbocycles. The molecule has 4 rings (SSSR count). The van der Waals surface area contributed by atoms with Gasteiger partial charge in [0.15, 0.2) is 15.5 Å². The van der Waals surface area contributed by atoms with Gasteiger partial charge in [0.25, 0.3) is 0 Å². The lowest BCUT2D eigenvalue weighted by atomic mass is 10.1. The summed E-state index contributed by atoms with van der Waals surface area (Å²) in [6, 6.07) is 7.65. The van der Waals surface area contributed by atoms with Crippen molar-refractivity contribution in [3.8, 4) is 11.4 Å². The van der Waals surface area contributed by atoms with Gasteiger partial charge in [-0.3, -0.25) is 4.98 Å². The maximum atomic E-state index is 13.0. The van der Waals surface area contributed by atoms with Crippen LogP contribution in [0.15, 0.2) is 47.6 Å². The van der Waals surface area contributed by atoms with Gasteiger partial charge in [0.2, 0.25) is 0 Å². The Labute approximate surface area is 164 Å². The minimum atomic E-state index is -4.55. The van der Waals surface area contributed by atoms with Gasteiger partial charge in [-0.2, -0.15) is 13.2 Å². The van der Waals surface area contributed by atoms with E-state index in [1.807, 2.05) is 0 Å². The third-order valence-corrected chi connectivity index (χ3v) is 6.49. The summed E-state index contributed by atoms with van der Waals surface area (Å²) in [5.74, 6) is 0.0437. The molecule has 0 N–H and O–H groups in total. The SMILES string of the molecule is CCS(=O)(=O)c1c(-c2nc3cc(C(F)(F)F)cnc3n2C)ccc2cccnc12. The Morgan fingerprint density at radius 3 is 2.59 bits per heavy atom. The van der Waals surface area contributed by atoms with Crippen LogP contribution in [-0.2, 0) is 23.1 Å². The third-order valence-electron chi connectivity index (χ3n) is 4.70. The average molecular weight is 420 g/mol. The van der Waals surface area contributed by atoms with Gasteiger partial charge in [-0.25, -0.2) is 18.4 Å². The van der Waals surface area contributed by atoms with E-state index in [4.69, 9.17) is 0 Å². The molecule has 29 heavy (non-hydrogen) atoms. The molecule has 0 atom stereocenters. The molecule has 0 amide bonds. The molecule has 0 saturated carbocycles. The molecule has 3 heterocycles. The molecule has 0 bridgehead atoms. The lowest BCUT2D eigenvalue weighted by Gasteiger charge is -2.12. The van der Waals surface area contributed by atoms with Crippen LogP contribution in [0.1, 0.15) is 12.5 Å². The fraction of sp³-hybridized carbons (Fsp3) is 0.211. The number of imidazole rings is 1. The van der Waals surface area contributed by atoms with E-state index in [-0.39, 0.29) is 33.2 Å². The smallest absolute Gasteiger partial charge is 0.312 e. The zero-order chi connectivity index (χ0) is 21.0. The second-order valence-electron chi connectivity index (χ2n) is 6.48. The van der Waals surface area contributed by atoms with Gasteiger partial charge in [0.05, 0.1) is 16.8 Å². The van der Waals surface area contributed by atoms with E-state index in [9.17, 15) is 21.6 Å². The van der Waals surface area contributed by atoms with Crippen molar-refractivity contribution in [2.45, 2.75) is 18.0 Å². The van der Waals surface area contributed by atoms with Crippen LogP contribution in [0.5, 0.6) is 0 Å². The third kappa shape index (κ3) is 3.13. The minimum absolute atomic E-state index is 0.00699. The molecule has 0 aliphatic carbocycles. The molecule has 4 aromatic rings. The van der Waals surface area contributed by atoms with E-state index >= 15 is 0 Å². The van der Waals surface area contributed by atoms with Crippen molar-refractivity contribution >= 4 is 31.9 Å². The summed E-state index contributed by atoms with van der Waals surface area (Å²) in [5.41, 5.74) is -0.113. The van der Waals surface area contributed by atoms with E-state index in [0.29, 0.717) is 10.9 Å². The van der Waals surface area contributed by atoms with Crippen LogP contribution in [0, 0.1) is 0 Å². The number of fused-ring (bicyclic) bond motifs is 2. The molecule has 0 aliphatic heterocycles. The Bertz CT molecular complexity index is 1360. The summed E-state index contributed by atoms with van der Waals surface area (Å²) in [6.07, 6.45) is -2.32. The molecule has 0 saturated heterocycles. The Morgan fingerprint density at radius 2 is 1.90 bits per heavy atom. The molecule has 10 heteroatoms. The lowest BCUT2D eigenvalue weighted by molar-refractivity contribution is -0.137. The highest BCUT2D eigenvalue weighted by Crippen LogP contribution is 2.35. The molecule has 0 unspecified atom stereocenters. The second-order valence-corrected chi connectivity index (χ2v) is 8.69. The first-order chi connectivity index (χ1) is 13.6. The van der Waals surface area contributed by atoms with E-state index in [2.05, 4.69) is 15.0 Å². The van der Waals surface area contributed by atoms with E-state index in [1.165, 1.54) is 17.7 Å². The van der Waals surface area contributed by atoms with Gasteiger partial charge in [-0.05, 0) is 18.2 Å². The van der Waals surface area contributed by atoms with Crippen LogP contribution >= 0.6 is 0 Å². The van der Waals surface area contributed by atoms with Crippen LogP contribution in [0.2, 0.25) is 0 Å². The lowest BCUT2D eigenvalue weighted by Crippen LogP contribution is -2.09. The number of aromatic nitrogens is 4. The van der Waals surface area contributed by atoms with Crippen LogP contribution in [0.3, 0.4) is 0 Å². The summed E-state index contributed by atoms with van der Waals surface area (Å²) in [4.78, 5) is 12.4.